The number of hydrogen-bond donors (Lipinski definition) is 5. The molecular weight excluding hydrogens is 527 g/mol. The maximum atomic E-state index is 13.1. The molecule has 1 aromatic heterocycles. The van der Waals surface area contributed by atoms with Crippen molar-refractivity contribution >= 4 is 32.9 Å². The summed E-state index contributed by atoms with van der Waals surface area (Å²) in [5, 5.41) is 18.4. The molecule has 12 heteroatoms. The van der Waals surface area contributed by atoms with E-state index in [0.717, 1.165) is 47.1 Å². The number of unbranched alkanes of at least 4 members (excludes halogenated alkanes) is 1. The molecule has 0 saturated heterocycles. The Morgan fingerprint density at radius 1 is 1.10 bits per heavy atom. The number of rotatable bonds is 11. The van der Waals surface area contributed by atoms with Crippen molar-refractivity contribution in [3.05, 3.63) is 65.6 Å². The lowest BCUT2D eigenvalue weighted by Crippen LogP contribution is -2.39. The monoisotopic (exact) mass is 562 g/mol. The number of fused-ring (bicyclic) bond motifs is 3. The molecule has 2 atom stereocenters. The van der Waals surface area contributed by atoms with Crippen LogP contribution in [0.3, 0.4) is 0 Å². The third-order valence-corrected chi connectivity index (χ3v) is 8.19. The van der Waals surface area contributed by atoms with Gasteiger partial charge in [0.2, 0.25) is 10.0 Å². The van der Waals surface area contributed by atoms with Crippen LogP contribution >= 0.6 is 0 Å². The summed E-state index contributed by atoms with van der Waals surface area (Å²) in [6, 6.07) is 11.6. The number of aromatic nitrogens is 1. The van der Waals surface area contributed by atoms with Crippen molar-refractivity contribution in [2.45, 2.75) is 68.5 Å². The van der Waals surface area contributed by atoms with Gasteiger partial charge < -0.3 is 26.2 Å². The number of carboxylic acid groups (broad SMARTS) is 2. The second kappa shape index (κ2) is 13.7. The van der Waals surface area contributed by atoms with Crippen LogP contribution < -0.4 is 16.2 Å². The topological polar surface area (TPSA) is 178 Å². The first-order valence-corrected chi connectivity index (χ1v) is 14.3. The summed E-state index contributed by atoms with van der Waals surface area (Å²) in [4.78, 5) is 21.2. The van der Waals surface area contributed by atoms with Crippen molar-refractivity contribution < 1.29 is 32.6 Å². The first-order chi connectivity index (χ1) is 18.5. The number of carbonyl (C=O) groups is 2. The molecule has 1 aliphatic rings. The highest BCUT2D eigenvalue weighted by Gasteiger charge is 2.28. The smallest absolute Gasteiger partial charge is 0.320 e. The summed E-state index contributed by atoms with van der Waals surface area (Å²) in [7, 11) is -3.75. The number of nitrogens with zero attached hydrogens (tertiary/aromatic N) is 1. The van der Waals surface area contributed by atoms with Crippen molar-refractivity contribution in [2.24, 2.45) is 11.5 Å². The molecule has 0 amide bonds. The van der Waals surface area contributed by atoms with Crippen LogP contribution in [0.2, 0.25) is 0 Å². The average molecular weight is 563 g/mol. The molecule has 10 nitrogen and oxygen atoms in total. The van der Waals surface area contributed by atoms with Gasteiger partial charge in [0, 0.05) is 29.2 Å². The van der Waals surface area contributed by atoms with Gasteiger partial charge in [-0.25, -0.2) is 17.5 Å². The second-order valence-corrected chi connectivity index (χ2v) is 11.2. The molecule has 1 aliphatic carbocycles. The largest absolute Gasteiger partial charge is 0.481 e. The molecule has 2 aromatic carbocycles. The van der Waals surface area contributed by atoms with Gasteiger partial charge in [0.1, 0.15) is 11.9 Å². The van der Waals surface area contributed by atoms with E-state index in [4.69, 9.17) is 21.7 Å². The number of nitrogens with two attached hydrogens (primary N) is 2. The number of aryl methyl sites for hydroxylation is 1. The Labute approximate surface area is 226 Å². The molecule has 0 bridgehead atoms. The Balaban J connectivity index is 0.000000360. The zero-order valence-electron chi connectivity index (χ0n) is 21.6. The fraction of sp³-hybridized carbons (Fsp3) is 0.407. The summed E-state index contributed by atoms with van der Waals surface area (Å²) in [5.74, 6) is -2.27. The maximum Gasteiger partial charge on any atom is 0.320 e. The Kier molecular flexibility index (Phi) is 10.6. The maximum absolute atomic E-state index is 13.1. The van der Waals surface area contributed by atoms with E-state index in [1.807, 2.05) is 28.8 Å². The van der Waals surface area contributed by atoms with Gasteiger partial charge in [-0.15, -0.1) is 0 Å². The fourth-order valence-electron chi connectivity index (χ4n) is 4.70. The van der Waals surface area contributed by atoms with Crippen LogP contribution in [0.5, 0.6) is 0 Å². The number of aliphatic carboxylic acids is 2. The SMILES string of the molecule is NCCCCC(N)C(=O)O.O=C(O)CCn1c2c(c3ccccc31)C[C@H](NS(=O)(=O)c1ccc(F)cc1)CC2. The number of hydrogen-bond acceptors (Lipinski definition) is 6. The van der Waals surface area contributed by atoms with Gasteiger partial charge in [0.15, 0.2) is 0 Å². The highest BCUT2D eigenvalue weighted by Crippen LogP contribution is 2.33. The normalized spacial score (nSPS) is 15.7. The van der Waals surface area contributed by atoms with E-state index >= 15 is 0 Å². The van der Waals surface area contributed by atoms with Gasteiger partial charge in [-0.3, -0.25) is 9.59 Å². The lowest BCUT2D eigenvalue weighted by Gasteiger charge is -2.25. The van der Waals surface area contributed by atoms with E-state index in [9.17, 15) is 22.4 Å². The summed E-state index contributed by atoms with van der Waals surface area (Å²) in [5.41, 5.74) is 13.5. The summed E-state index contributed by atoms with van der Waals surface area (Å²) >= 11 is 0. The summed E-state index contributed by atoms with van der Waals surface area (Å²) in [6.07, 6.45) is 3.98. The summed E-state index contributed by atoms with van der Waals surface area (Å²) < 4.78 is 43.2. The summed E-state index contributed by atoms with van der Waals surface area (Å²) in [6.45, 7) is 0.990. The molecule has 3 aromatic rings. The quantitative estimate of drug-likeness (QED) is 0.221. The number of halogens is 1. The van der Waals surface area contributed by atoms with Gasteiger partial charge in [-0.2, -0.15) is 0 Å². The second-order valence-electron chi connectivity index (χ2n) is 9.48. The highest BCUT2D eigenvalue weighted by atomic mass is 32.2. The number of nitrogens with one attached hydrogen (secondary N) is 1. The van der Waals surface area contributed by atoms with Crippen molar-refractivity contribution in [3.8, 4) is 0 Å². The third-order valence-electron chi connectivity index (χ3n) is 6.66. The van der Waals surface area contributed by atoms with E-state index in [1.165, 1.54) is 12.1 Å². The molecule has 1 unspecified atom stereocenters. The Morgan fingerprint density at radius 2 is 1.79 bits per heavy atom. The fourth-order valence-corrected chi connectivity index (χ4v) is 5.97. The van der Waals surface area contributed by atoms with Crippen LogP contribution in [-0.2, 0) is 39.0 Å². The van der Waals surface area contributed by atoms with E-state index in [0.29, 0.717) is 38.8 Å². The predicted molar refractivity (Wildman–Crippen MR) is 145 cm³/mol. The Bertz CT molecular complexity index is 1390. The average Bonchev–Trinajstić information content (AvgIpc) is 3.20. The van der Waals surface area contributed by atoms with E-state index in [-0.39, 0.29) is 17.4 Å². The van der Waals surface area contributed by atoms with Gasteiger partial charge in [0.25, 0.3) is 0 Å². The molecule has 0 aliphatic heterocycles. The lowest BCUT2D eigenvalue weighted by molar-refractivity contribution is -0.139. The highest BCUT2D eigenvalue weighted by molar-refractivity contribution is 7.89. The molecule has 0 saturated carbocycles. The third kappa shape index (κ3) is 8.09. The molecule has 0 radical (unpaired) electrons. The van der Waals surface area contributed by atoms with Gasteiger partial charge >= 0.3 is 11.9 Å². The molecule has 0 spiro atoms. The Hall–Kier alpha value is -3.32. The van der Waals surface area contributed by atoms with Gasteiger partial charge in [0.05, 0.1) is 11.3 Å². The Morgan fingerprint density at radius 3 is 2.44 bits per heavy atom. The van der Waals surface area contributed by atoms with Crippen LogP contribution in [-0.4, -0.2) is 53.8 Å². The number of para-hydroxylation sites is 1. The van der Waals surface area contributed by atoms with Crippen molar-refractivity contribution in [1.29, 1.82) is 0 Å². The minimum absolute atomic E-state index is 0.0335. The van der Waals surface area contributed by atoms with E-state index in [1.54, 1.807) is 0 Å². The molecule has 212 valence electrons. The number of sulfonamides is 1. The van der Waals surface area contributed by atoms with E-state index in [2.05, 4.69) is 4.72 Å². The van der Waals surface area contributed by atoms with Crippen LogP contribution in [0.15, 0.2) is 53.4 Å². The van der Waals surface area contributed by atoms with E-state index < -0.39 is 33.8 Å². The molecule has 1 heterocycles. The van der Waals surface area contributed by atoms with Crippen LogP contribution in [0, 0.1) is 5.82 Å². The van der Waals surface area contributed by atoms with Gasteiger partial charge in [-0.05, 0) is 74.5 Å². The molecule has 7 N–H and O–H groups in total. The number of benzene rings is 2. The first-order valence-electron chi connectivity index (χ1n) is 12.8. The molecular formula is C27H35FN4O6S. The first kappa shape index (κ1) is 30.2. The molecule has 4 rings (SSSR count). The van der Waals surface area contributed by atoms with Crippen molar-refractivity contribution in [3.63, 3.8) is 0 Å². The number of carboxylic acids is 2. The predicted octanol–water partition coefficient (Wildman–Crippen LogP) is 2.62. The zero-order valence-corrected chi connectivity index (χ0v) is 22.4. The van der Waals surface area contributed by atoms with Crippen molar-refractivity contribution in [2.75, 3.05) is 6.54 Å². The van der Waals surface area contributed by atoms with Gasteiger partial charge in [-0.1, -0.05) is 24.6 Å². The minimum Gasteiger partial charge on any atom is -0.481 e. The van der Waals surface area contributed by atoms with Crippen LogP contribution in [0.25, 0.3) is 10.9 Å². The zero-order chi connectivity index (χ0) is 28.6. The minimum atomic E-state index is -3.75. The molecule has 39 heavy (non-hydrogen) atoms. The van der Waals surface area contributed by atoms with Crippen molar-refractivity contribution in [1.82, 2.24) is 9.29 Å². The van der Waals surface area contributed by atoms with Crippen LogP contribution in [0.1, 0.15) is 43.4 Å². The lowest BCUT2D eigenvalue weighted by atomic mass is 9.92. The van der Waals surface area contributed by atoms with Crippen LogP contribution in [0.4, 0.5) is 4.39 Å². The standard InChI is InChI=1S/C21H21FN2O4S.C6H14N2O2/c22-14-5-8-16(9-6-14)29(27,28)23-15-7-10-20-18(13-15)17-3-1-2-4-19(17)24(20)12-11-21(25)26;7-4-2-1-3-5(8)6(9)10/h1-6,8-9,15,23H,7,10-13H2,(H,25,26);5H,1-4,7-8H2,(H,9,10)/t15-;/m1./s1. The molecule has 0 fully saturated rings.